The lowest BCUT2D eigenvalue weighted by atomic mass is 9.85. The summed E-state index contributed by atoms with van der Waals surface area (Å²) in [6.45, 7) is 10.7. The lowest BCUT2D eigenvalue weighted by Crippen LogP contribution is -2.47. The fourth-order valence-corrected chi connectivity index (χ4v) is 7.22. The molecule has 0 spiro atoms. The molecule has 1 aliphatic rings. The number of ether oxygens (including phenoxy) is 1. The van der Waals surface area contributed by atoms with Gasteiger partial charge in [-0.1, -0.05) is 65.8 Å². The van der Waals surface area contributed by atoms with Gasteiger partial charge >= 0.3 is 0 Å². The molecule has 2 heterocycles. The zero-order chi connectivity index (χ0) is 21.8. The molecule has 6 heteroatoms. The molecule has 0 N–H and O–H groups in total. The number of nitrogens with zero attached hydrogens (tertiary/aromatic N) is 1. The first-order valence-corrected chi connectivity index (χ1v) is 12.4. The first-order valence-electron chi connectivity index (χ1n) is 9.83. The molecule has 0 saturated heterocycles. The molecule has 3 nitrogen and oxygen atoms in total. The Bertz CT molecular complexity index is 1180. The van der Waals surface area contributed by atoms with Crippen molar-refractivity contribution in [1.29, 1.82) is 0 Å². The van der Waals surface area contributed by atoms with Crippen LogP contribution in [0.1, 0.15) is 55.4 Å². The fraction of sp³-hybridized carbons (Fsp3) is 0.333. The average Bonchev–Trinajstić information content (AvgIpc) is 3.09. The number of carbonyl (C=O) groups excluding carboxylic acids is 1. The summed E-state index contributed by atoms with van der Waals surface area (Å²) in [5.74, 6) is 0.698. The third-order valence-corrected chi connectivity index (χ3v) is 8.99. The SMILES string of the molecule is COc1ccc2c(c1)N(C(=O)c1ccc(C(C)(C)C)cc1)C(C)(C)c1ssc(=S)c1-2. The fourth-order valence-electron chi connectivity index (χ4n) is 3.94. The van der Waals surface area contributed by atoms with Crippen molar-refractivity contribution < 1.29 is 9.53 Å². The largest absolute Gasteiger partial charge is 0.497 e. The first-order chi connectivity index (χ1) is 14.1. The van der Waals surface area contributed by atoms with E-state index >= 15 is 0 Å². The van der Waals surface area contributed by atoms with Gasteiger partial charge in [0.1, 0.15) is 9.57 Å². The van der Waals surface area contributed by atoms with Crippen molar-refractivity contribution in [2.75, 3.05) is 12.0 Å². The number of amides is 1. The van der Waals surface area contributed by atoms with Gasteiger partial charge in [-0.2, -0.15) is 0 Å². The molecule has 3 aromatic rings. The summed E-state index contributed by atoms with van der Waals surface area (Å²) < 4.78 is 6.35. The van der Waals surface area contributed by atoms with Crippen LogP contribution in [-0.4, -0.2) is 13.0 Å². The highest BCUT2D eigenvalue weighted by molar-refractivity contribution is 7.80. The third-order valence-electron chi connectivity index (χ3n) is 5.66. The monoisotopic (exact) mass is 455 g/mol. The van der Waals surface area contributed by atoms with Crippen LogP contribution in [0.5, 0.6) is 5.75 Å². The Labute approximate surface area is 190 Å². The summed E-state index contributed by atoms with van der Waals surface area (Å²) in [7, 11) is 4.91. The van der Waals surface area contributed by atoms with Crippen molar-refractivity contribution in [3.63, 3.8) is 0 Å². The van der Waals surface area contributed by atoms with Gasteiger partial charge in [0, 0.05) is 22.8 Å². The zero-order valence-corrected chi connectivity index (χ0v) is 20.5. The van der Waals surface area contributed by atoms with Crippen molar-refractivity contribution in [2.24, 2.45) is 0 Å². The minimum absolute atomic E-state index is 0.0232. The van der Waals surface area contributed by atoms with E-state index in [4.69, 9.17) is 17.0 Å². The van der Waals surface area contributed by atoms with Gasteiger partial charge in [-0.05, 0) is 49.1 Å². The minimum Gasteiger partial charge on any atom is -0.497 e. The Hall–Kier alpha value is -2.02. The second kappa shape index (κ2) is 7.29. The lowest BCUT2D eigenvalue weighted by Gasteiger charge is -2.43. The summed E-state index contributed by atoms with van der Waals surface area (Å²) in [5.41, 5.74) is 4.31. The molecule has 0 aliphatic carbocycles. The van der Waals surface area contributed by atoms with E-state index in [1.165, 1.54) is 5.56 Å². The zero-order valence-electron chi connectivity index (χ0n) is 18.0. The van der Waals surface area contributed by atoms with E-state index in [0.29, 0.717) is 5.56 Å². The van der Waals surface area contributed by atoms with Gasteiger partial charge < -0.3 is 4.74 Å². The number of hydrogen-bond donors (Lipinski definition) is 0. The lowest BCUT2D eigenvalue weighted by molar-refractivity contribution is 0.0961. The van der Waals surface area contributed by atoms with Crippen molar-refractivity contribution in [1.82, 2.24) is 0 Å². The van der Waals surface area contributed by atoms with Crippen LogP contribution in [0.15, 0.2) is 42.5 Å². The standard InChI is InChI=1S/C24H25NO2S3/c1-23(2,3)15-9-7-14(8-10-15)21(26)25-18-13-16(27-6)11-12-17(18)19-20(24(25,4)5)29-30-22(19)28/h7-13H,1-6H3. The molecule has 0 unspecified atom stereocenters. The van der Waals surface area contributed by atoms with Crippen LogP contribution in [0.4, 0.5) is 5.69 Å². The van der Waals surface area contributed by atoms with E-state index in [1.807, 2.05) is 35.2 Å². The minimum atomic E-state index is -0.521. The third kappa shape index (κ3) is 3.31. The molecule has 0 atom stereocenters. The van der Waals surface area contributed by atoms with Crippen LogP contribution < -0.4 is 9.64 Å². The van der Waals surface area contributed by atoms with E-state index in [1.54, 1.807) is 27.8 Å². The molecule has 2 aromatic carbocycles. The highest BCUT2D eigenvalue weighted by Gasteiger charge is 2.43. The summed E-state index contributed by atoms with van der Waals surface area (Å²) in [6.07, 6.45) is 0. The van der Waals surface area contributed by atoms with E-state index in [0.717, 1.165) is 31.3 Å². The molecule has 156 valence electrons. The predicted octanol–water partition coefficient (Wildman–Crippen LogP) is 7.41. The molecule has 0 radical (unpaired) electrons. The van der Waals surface area contributed by atoms with Crippen LogP contribution in [-0.2, 0) is 11.0 Å². The highest BCUT2D eigenvalue weighted by Crippen LogP contribution is 2.53. The molecule has 0 bridgehead atoms. The van der Waals surface area contributed by atoms with Crippen LogP contribution >= 0.6 is 32.9 Å². The van der Waals surface area contributed by atoms with Crippen LogP contribution in [0.25, 0.3) is 11.1 Å². The van der Waals surface area contributed by atoms with E-state index in [2.05, 4.69) is 46.8 Å². The molecule has 1 aromatic heterocycles. The van der Waals surface area contributed by atoms with Crippen LogP contribution in [0, 0.1) is 3.82 Å². The van der Waals surface area contributed by atoms with Gasteiger partial charge in [0.15, 0.2) is 0 Å². The summed E-state index contributed by atoms with van der Waals surface area (Å²) >= 11 is 5.65. The van der Waals surface area contributed by atoms with Crippen LogP contribution in [0.3, 0.4) is 0 Å². The number of carbonyl (C=O) groups is 1. The second-order valence-corrected chi connectivity index (χ2v) is 11.9. The highest BCUT2D eigenvalue weighted by atomic mass is 32.9. The van der Waals surface area contributed by atoms with E-state index in [-0.39, 0.29) is 11.3 Å². The summed E-state index contributed by atoms with van der Waals surface area (Å²) in [6, 6.07) is 13.9. The molecule has 0 saturated carbocycles. The number of benzene rings is 2. The topological polar surface area (TPSA) is 29.5 Å². The number of hydrogen-bond acceptors (Lipinski definition) is 5. The van der Waals surface area contributed by atoms with Gasteiger partial charge in [-0.3, -0.25) is 9.69 Å². The Balaban J connectivity index is 1.89. The Morgan fingerprint density at radius 3 is 2.33 bits per heavy atom. The van der Waals surface area contributed by atoms with Crippen molar-refractivity contribution in [3.8, 4) is 16.9 Å². The van der Waals surface area contributed by atoms with Gasteiger partial charge in [-0.25, -0.2) is 0 Å². The first kappa shape index (κ1) is 21.2. The number of methoxy groups -OCH3 is 1. The Morgan fingerprint density at radius 1 is 1.07 bits per heavy atom. The second-order valence-electron chi connectivity index (χ2n) is 9.07. The van der Waals surface area contributed by atoms with Gasteiger partial charge in [-0.15, -0.1) is 0 Å². The molecule has 30 heavy (non-hydrogen) atoms. The average molecular weight is 456 g/mol. The van der Waals surface area contributed by atoms with Crippen molar-refractivity contribution >= 4 is 44.5 Å². The smallest absolute Gasteiger partial charge is 0.259 e. The quantitative estimate of drug-likeness (QED) is 0.298. The summed E-state index contributed by atoms with van der Waals surface area (Å²) in [4.78, 5) is 16.9. The maximum absolute atomic E-state index is 13.8. The maximum Gasteiger partial charge on any atom is 0.259 e. The van der Waals surface area contributed by atoms with Gasteiger partial charge in [0.25, 0.3) is 5.91 Å². The molecule has 4 rings (SSSR count). The number of fused-ring (bicyclic) bond motifs is 3. The summed E-state index contributed by atoms with van der Waals surface area (Å²) in [5, 5.41) is 0. The number of rotatable bonds is 2. The van der Waals surface area contributed by atoms with Crippen LogP contribution in [0.2, 0.25) is 0 Å². The molecule has 1 aliphatic heterocycles. The Morgan fingerprint density at radius 2 is 1.73 bits per heavy atom. The molecular weight excluding hydrogens is 430 g/mol. The molecule has 0 fully saturated rings. The van der Waals surface area contributed by atoms with E-state index in [9.17, 15) is 4.79 Å². The normalized spacial score (nSPS) is 14.8. The van der Waals surface area contributed by atoms with Crippen molar-refractivity contribution in [3.05, 3.63) is 62.3 Å². The van der Waals surface area contributed by atoms with E-state index < -0.39 is 5.54 Å². The predicted molar refractivity (Wildman–Crippen MR) is 130 cm³/mol. The van der Waals surface area contributed by atoms with Gasteiger partial charge in [0.2, 0.25) is 0 Å². The van der Waals surface area contributed by atoms with Crippen molar-refractivity contribution in [2.45, 2.75) is 45.6 Å². The van der Waals surface area contributed by atoms with Gasteiger partial charge in [0.05, 0.1) is 23.2 Å². The maximum atomic E-state index is 13.8. The molecular formula is C24H25NO2S3. The molecule has 1 amide bonds. The number of anilines is 1. The Kier molecular flexibility index (Phi) is 5.16.